The number of likely N-dealkylation sites (tertiary alicyclic amines) is 1. The Bertz CT molecular complexity index is 681. The summed E-state index contributed by atoms with van der Waals surface area (Å²) in [5, 5.41) is 0. The fourth-order valence-corrected chi connectivity index (χ4v) is 2.60. The zero-order chi connectivity index (χ0) is 15.5. The van der Waals surface area contributed by atoms with Crippen LogP contribution in [0, 0.1) is 5.82 Å². The van der Waals surface area contributed by atoms with Crippen LogP contribution in [0.15, 0.2) is 34.9 Å². The topological polar surface area (TPSA) is 72.4 Å². The molecule has 0 radical (unpaired) electrons. The van der Waals surface area contributed by atoms with Gasteiger partial charge in [0.15, 0.2) is 11.7 Å². The smallest absolute Gasteiger partial charge is 0.223 e. The molecule has 0 aliphatic carbocycles. The molecule has 1 fully saturated rings. The first-order valence-electron chi connectivity index (χ1n) is 7.36. The number of aryl methyl sites for hydroxylation is 1. The standard InChI is InChI=1S/C16H18FN3O2.2ClH/c17-13-4-2-1-3-12(13)14-9-19-15(22-14)5-6-16(21)20-8-7-11(18)10-20;;/h1-4,9,11H,5-8,10,18H2;2*1H/t11-;;/m1../s1. The highest BCUT2D eigenvalue weighted by Gasteiger charge is 2.23. The van der Waals surface area contributed by atoms with Gasteiger partial charge in [-0.25, -0.2) is 9.37 Å². The van der Waals surface area contributed by atoms with Gasteiger partial charge in [0.2, 0.25) is 5.91 Å². The third-order valence-electron chi connectivity index (χ3n) is 3.82. The number of amides is 1. The minimum atomic E-state index is -0.354. The van der Waals surface area contributed by atoms with Crippen molar-refractivity contribution in [1.29, 1.82) is 0 Å². The van der Waals surface area contributed by atoms with Crippen LogP contribution in [0.3, 0.4) is 0 Å². The van der Waals surface area contributed by atoms with Crippen molar-refractivity contribution in [2.75, 3.05) is 13.1 Å². The Kier molecular flexibility index (Phi) is 7.66. The molecule has 1 aromatic carbocycles. The van der Waals surface area contributed by atoms with Crippen LogP contribution in [-0.4, -0.2) is 34.9 Å². The lowest BCUT2D eigenvalue weighted by Gasteiger charge is -2.14. The molecule has 0 unspecified atom stereocenters. The van der Waals surface area contributed by atoms with Gasteiger partial charge in [-0.05, 0) is 18.6 Å². The van der Waals surface area contributed by atoms with Crippen LogP contribution >= 0.6 is 24.8 Å². The van der Waals surface area contributed by atoms with Crippen molar-refractivity contribution in [1.82, 2.24) is 9.88 Å². The Morgan fingerprint density at radius 3 is 2.79 bits per heavy atom. The van der Waals surface area contributed by atoms with E-state index in [-0.39, 0.29) is 42.6 Å². The van der Waals surface area contributed by atoms with Gasteiger partial charge in [0.1, 0.15) is 5.82 Å². The molecular formula is C16H20Cl2FN3O2. The number of aromatic nitrogens is 1. The van der Waals surface area contributed by atoms with Gasteiger partial charge in [-0.1, -0.05) is 12.1 Å². The summed E-state index contributed by atoms with van der Waals surface area (Å²) in [6, 6.07) is 6.45. The Balaban J connectivity index is 0.00000144. The van der Waals surface area contributed by atoms with E-state index in [0.29, 0.717) is 43.1 Å². The second kappa shape index (κ2) is 9.01. The van der Waals surface area contributed by atoms with Crippen LogP contribution in [0.25, 0.3) is 11.3 Å². The molecule has 1 aliphatic rings. The lowest BCUT2D eigenvalue weighted by molar-refractivity contribution is -0.130. The summed E-state index contributed by atoms with van der Waals surface area (Å²) in [5.41, 5.74) is 6.17. The van der Waals surface area contributed by atoms with Crippen molar-refractivity contribution in [2.45, 2.75) is 25.3 Å². The molecule has 1 amide bonds. The molecule has 3 rings (SSSR count). The second-order valence-electron chi connectivity index (χ2n) is 5.49. The van der Waals surface area contributed by atoms with E-state index >= 15 is 0 Å². The first kappa shape index (κ1) is 20.4. The lowest BCUT2D eigenvalue weighted by Crippen LogP contribution is -2.31. The summed E-state index contributed by atoms with van der Waals surface area (Å²) in [4.78, 5) is 17.9. The molecule has 0 bridgehead atoms. The molecular weight excluding hydrogens is 356 g/mol. The highest BCUT2D eigenvalue weighted by atomic mass is 35.5. The number of rotatable bonds is 4. The summed E-state index contributed by atoms with van der Waals surface area (Å²) in [6.45, 7) is 1.33. The number of hydrogen-bond donors (Lipinski definition) is 1. The van der Waals surface area contributed by atoms with Crippen molar-refractivity contribution in [3.8, 4) is 11.3 Å². The SMILES string of the molecule is Cl.Cl.N[C@@H]1CCN(C(=O)CCc2ncc(-c3ccccc3F)o2)C1. The molecule has 0 spiro atoms. The number of carbonyl (C=O) groups is 1. The third kappa shape index (κ3) is 4.69. The molecule has 5 nitrogen and oxygen atoms in total. The summed E-state index contributed by atoms with van der Waals surface area (Å²) in [5.74, 6) is 0.518. The number of hydrogen-bond acceptors (Lipinski definition) is 4. The molecule has 1 saturated heterocycles. The lowest BCUT2D eigenvalue weighted by atomic mass is 10.2. The third-order valence-corrected chi connectivity index (χ3v) is 3.82. The molecule has 1 aromatic heterocycles. The normalized spacial score (nSPS) is 16.4. The van der Waals surface area contributed by atoms with Gasteiger partial charge in [-0.3, -0.25) is 4.79 Å². The maximum Gasteiger partial charge on any atom is 0.223 e. The Labute approximate surface area is 152 Å². The van der Waals surface area contributed by atoms with Crippen molar-refractivity contribution in [3.63, 3.8) is 0 Å². The minimum absolute atomic E-state index is 0. The average Bonchev–Trinajstić information content (AvgIpc) is 3.14. The monoisotopic (exact) mass is 375 g/mol. The minimum Gasteiger partial charge on any atom is -0.441 e. The molecule has 1 aliphatic heterocycles. The highest BCUT2D eigenvalue weighted by Crippen LogP contribution is 2.23. The van der Waals surface area contributed by atoms with Crippen LogP contribution in [0.1, 0.15) is 18.7 Å². The number of nitrogens with zero attached hydrogens (tertiary/aromatic N) is 2. The first-order valence-corrected chi connectivity index (χ1v) is 7.36. The summed E-state index contributed by atoms with van der Waals surface area (Å²) < 4.78 is 19.2. The molecule has 2 heterocycles. The summed E-state index contributed by atoms with van der Waals surface area (Å²) >= 11 is 0. The van der Waals surface area contributed by atoms with Crippen LogP contribution in [0.5, 0.6) is 0 Å². The van der Waals surface area contributed by atoms with Crippen LogP contribution < -0.4 is 5.73 Å². The van der Waals surface area contributed by atoms with Gasteiger partial charge >= 0.3 is 0 Å². The van der Waals surface area contributed by atoms with E-state index in [1.807, 2.05) is 0 Å². The van der Waals surface area contributed by atoms with E-state index in [9.17, 15) is 9.18 Å². The molecule has 2 aromatic rings. The number of carbonyl (C=O) groups excluding carboxylic acids is 1. The molecule has 24 heavy (non-hydrogen) atoms. The van der Waals surface area contributed by atoms with E-state index in [1.165, 1.54) is 12.3 Å². The zero-order valence-corrected chi connectivity index (χ0v) is 14.6. The van der Waals surface area contributed by atoms with Gasteiger partial charge in [0, 0.05) is 32.0 Å². The Morgan fingerprint density at radius 2 is 2.12 bits per heavy atom. The predicted octanol–water partition coefficient (Wildman–Crippen LogP) is 2.82. The van der Waals surface area contributed by atoms with E-state index in [4.69, 9.17) is 10.2 Å². The van der Waals surface area contributed by atoms with Gasteiger partial charge in [-0.15, -0.1) is 24.8 Å². The van der Waals surface area contributed by atoms with Crippen molar-refractivity contribution >= 4 is 30.7 Å². The molecule has 8 heteroatoms. The number of benzene rings is 1. The molecule has 2 N–H and O–H groups in total. The molecule has 0 saturated carbocycles. The zero-order valence-electron chi connectivity index (χ0n) is 13.0. The van der Waals surface area contributed by atoms with Crippen molar-refractivity contribution in [2.24, 2.45) is 5.73 Å². The predicted molar refractivity (Wildman–Crippen MR) is 93.9 cm³/mol. The van der Waals surface area contributed by atoms with Crippen LogP contribution in [0.4, 0.5) is 4.39 Å². The van der Waals surface area contributed by atoms with Crippen LogP contribution in [-0.2, 0) is 11.2 Å². The van der Waals surface area contributed by atoms with Gasteiger partial charge < -0.3 is 15.1 Å². The summed E-state index contributed by atoms with van der Waals surface area (Å²) in [7, 11) is 0. The fraction of sp³-hybridized carbons (Fsp3) is 0.375. The highest BCUT2D eigenvalue weighted by molar-refractivity contribution is 5.85. The average molecular weight is 376 g/mol. The van der Waals surface area contributed by atoms with Crippen LogP contribution in [0.2, 0.25) is 0 Å². The largest absolute Gasteiger partial charge is 0.441 e. The number of halogens is 3. The number of nitrogens with two attached hydrogens (primary N) is 1. The van der Waals surface area contributed by atoms with Gasteiger partial charge in [0.05, 0.1) is 11.8 Å². The van der Waals surface area contributed by atoms with E-state index in [0.717, 1.165) is 6.42 Å². The Hall–Kier alpha value is -1.63. The maximum absolute atomic E-state index is 13.7. The Morgan fingerprint density at radius 1 is 1.38 bits per heavy atom. The van der Waals surface area contributed by atoms with Gasteiger partial charge in [-0.2, -0.15) is 0 Å². The van der Waals surface area contributed by atoms with E-state index in [2.05, 4.69) is 4.98 Å². The molecule has 132 valence electrons. The fourth-order valence-electron chi connectivity index (χ4n) is 2.60. The summed E-state index contributed by atoms with van der Waals surface area (Å²) in [6.07, 6.45) is 3.06. The van der Waals surface area contributed by atoms with Gasteiger partial charge in [0.25, 0.3) is 0 Å². The second-order valence-corrected chi connectivity index (χ2v) is 5.49. The van der Waals surface area contributed by atoms with E-state index in [1.54, 1.807) is 23.1 Å². The number of oxazole rings is 1. The molecule has 1 atom stereocenters. The quantitative estimate of drug-likeness (QED) is 0.891. The van der Waals surface area contributed by atoms with Crippen molar-refractivity contribution < 1.29 is 13.6 Å². The first-order chi connectivity index (χ1) is 10.6. The maximum atomic E-state index is 13.7. The van der Waals surface area contributed by atoms with Crippen molar-refractivity contribution in [3.05, 3.63) is 42.2 Å². The van der Waals surface area contributed by atoms with E-state index < -0.39 is 0 Å².